The number of fused-ring (bicyclic) bond motifs is 1. The number of piperidine rings is 1. The Balaban J connectivity index is 1.27. The van der Waals surface area contributed by atoms with Crippen LogP contribution in [0.25, 0.3) is 10.9 Å². The maximum atomic E-state index is 13.1. The molecule has 3 aromatic rings. The quantitative estimate of drug-likeness (QED) is 0.373. The minimum absolute atomic E-state index is 0.0791. The van der Waals surface area contributed by atoms with Gasteiger partial charge in [0.1, 0.15) is 0 Å². The first-order valence-corrected chi connectivity index (χ1v) is 12.4. The molecular formula is C27H33ClN4O2. The normalized spacial score (nSPS) is 15.1. The van der Waals surface area contributed by atoms with Crippen LogP contribution in [0.3, 0.4) is 0 Å². The van der Waals surface area contributed by atoms with Crippen molar-refractivity contribution in [2.45, 2.75) is 39.2 Å². The fourth-order valence-electron chi connectivity index (χ4n) is 4.60. The maximum absolute atomic E-state index is 13.1. The molecule has 1 aliphatic heterocycles. The van der Waals surface area contributed by atoms with Crippen LogP contribution in [0.15, 0.2) is 48.7 Å². The summed E-state index contributed by atoms with van der Waals surface area (Å²) in [6, 6.07) is 13.4. The second-order valence-electron chi connectivity index (χ2n) is 9.34. The van der Waals surface area contributed by atoms with Crippen LogP contribution >= 0.6 is 11.6 Å². The molecule has 34 heavy (non-hydrogen) atoms. The van der Waals surface area contributed by atoms with E-state index in [1.165, 1.54) is 12.8 Å². The van der Waals surface area contributed by atoms with Crippen molar-refractivity contribution in [1.82, 2.24) is 15.2 Å². The minimum Gasteiger partial charge on any atom is -0.375 e. The van der Waals surface area contributed by atoms with Crippen LogP contribution < -0.4 is 10.6 Å². The van der Waals surface area contributed by atoms with Gasteiger partial charge in [-0.2, -0.15) is 0 Å². The molecule has 3 N–H and O–H groups in total. The lowest BCUT2D eigenvalue weighted by Crippen LogP contribution is -2.39. The number of nitrogens with zero attached hydrogens (tertiary/aromatic N) is 1. The first-order chi connectivity index (χ1) is 16.4. The molecule has 6 nitrogen and oxygen atoms in total. The maximum Gasteiger partial charge on any atom is 0.239 e. The Hall–Kier alpha value is -2.83. The summed E-state index contributed by atoms with van der Waals surface area (Å²) in [5.41, 5.74) is 2.44. The van der Waals surface area contributed by atoms with E-state index in [-0.39, 0.29) is 18.2 Å². The third kappa shape index (κ3) is 5.80. The lowest BCUT2D eigenvalue weighted by Gasteiger charge is -2.34. The Morgan fingerprint density at radius 2 is 1.94 bits per heavy atom. The topological polar surface area (TPSA) is 77.2 Å². The zero-order valence-electron chi connectivity index (χ0n) is 19.9. The summed E-state index contributed by atoms with van der Waals surface area (Å²) < 4.78 is 0. The zero-order valence-corrected chi connectivity index (χ0v) is 20.6. The summed E-state index contributed by atoms with van der Waals surface area (Å²) in [5.74, 6) is 0.438. The molecule has 7 heteroatoms. The summed E-state index contributed by atoms with van der Waals surface area (Å²) >= 11 is 6.55. The first kappa shape index (κ1) is 24.3. The largest absolute Gasteiger partial charge is 0.375 e. The highest BCUT2D eigenvalue weighted by atomic mass is 35.5. The minimum atomic E-state index is -0.155. The molecule has 1 saturated heterocycles. The number of hydrogen-bond donors (Lipinski definition) is 3. The Kier molecular flexibility index (Phi) is 7.91. The van der Waals surface area contributed by atoms with Crippen molar-refractivity contribution in [1.29, 1.82) is 0 Å². The van der Waals surface area contributed by atoms with Crippen LogP contribution in [0.2, 0.25) is 5.02 Å². The summed E-state index contributed by atoms with van der Waals surface area (Å²) in [6.45, 7) is 7.56. The molecule has 4 rings (SSSR count). The Bertz CT molecular complexity index is 1150. The number of ketones is 1. The first-order valence-electron chi connectivity index (χ1n) is 12.1. The number of benzene rings is 2. The predicted octanol–water partition coefficient (Wildman–Crippen LogP) is 5.09. The van der Waals surface area contributed by atoms with Gasteiger partial charge >= 0.3 is 0 Å². The predicted molar refractivity (Wildman–Crippen MR) is 139 cm³/mol. The van der Waals surface area contributed by atoms with Gasteiger partial charge in [0, 0.05) is 35.4 Å². The molecule has 180 valence electrons. The molecule has 0 radical (unpaired) electrons. The van der Waals surface area contributed by atoms with E-state index in [1.807, 2.05) is 24.4 Å². The number of hydrogen-bond acceptors (Lipinski definition) is 4. The highest BCUT2D eigenvalue weighted by molar-refractivity contribution is 6.37. The van der Waals surface area contributed by atoms with Gasteiger partial charge in [0.25, 0.3) is 0 Å². The van der Waals surface area contributed by atoms with Gasteiger partial charge in [0.05, 0.1) is 17.3 Å². The molecule has 2 aromatic carbocycles. The van der Waals surface area contributed by atoms with Gasteiger partial charge in [-0.15, -0.1) is 0 Å². The standard InChI is InChI=1S/C27H33ClN4O2/c1-18(2)32-14-10-19(11-15-32)8-12-30-25(33)17-31-23-5-3-4-22(26(23)28)27(34)21-7-6-20-9-13-29-24(20)16-21/h3-7,9,13,16,18-19,29,31H,8,10-12,14-15,17H2,1-2H3,(H,30,33). The molecule has 0 atom stereocenters. The number of amides is 1. The van der Waals surface area contributed by atoms with Gasteiger partial charge in [-0.1, -0.05) is 29.8 Å². The smallest absolute Gasteiger partial charge is 0.239 e. The summed E-state index contributed by atoms with van der Waals surface area (Å²) in [6.07, 6.45) is 5.24. The monoisotopic (exact) mass is 480 g/mol. The van der Waals surface area contributed by atoms with Crippen molar-refractivity contribution in [2.24, 2.45) is 5.92 Å². The lowest BCUT2D eigenvalue weighted by atomic mass is 9.93. The second-order valence-corrected chi connectivity index (χ2v) is 9.72. The second kappa shape index (κ2) is 11.1. The highest BCUT2D eigenvalue weighted by Gasteiger charge is 2.21. The number of rotatable bonds is 9. The molecule has 1 aliphatic rings. The molecule has 0 unspecified atom stereocenters. The van der Waals surface area contributed by atoms with Gasteiger partial charge in [-0.25, -0.2) is 0 Å². The van der Waals surface area contributed by atoms with Gasteiger partial charge in [0.2, 0.25) is 5.91 Å². The van der Waals surface area contributed by atoms with Gasteiger partial charge in [-0.05, 0) is 81.8 Å². The van der Waals surface area contributed by atoms with Crippen LogP contribution in [0, 0.1) is 5.92 Å². The SMILES string of the molecule is CC(C)N1CCC(CCNC(=O)CNc2cccc(C(=O)c3ccc4cc[nH]c4c3)c2Cl)CC1. The van der Waals surface area contributed by atoms with E-state index in [9.17, 15) is 9.59 Å². The molecule has 0 bridgehead atoms. The van der Waals surface area contributed by atoms with Crippen LogP contribution in [-0.2, 0) is 4.79 Å². The number of nitrogens with one attached hydrogen (secondary N) is 3. The number of carbonyl (C=O) groups excluding carboxylic acids is 2. The van der Waals surface area contributed by atoms with E-state index in [1.54, 1.807) is 24.3 Å². The number of likely N-dealkylation sites (tertiary alicyclic amines) is 1. The fourth-order valence-corrected chi connectivity index (χ4v) is 4.88. The fraction of sp³-hybridized carbons (Fsp3) is 0.407. The molecule has 2 heterocycles. The van der Waals surface area contributed by atoms with Crippen molar-refractivity contribution in [2.75, 3.05) is 31.5 Å². The third-order valence-electron chi connectivity index (χ3n) is 6.75. The lowest BCUT2D eigenvalue weighted by molar-refractivity contribution is -0.119. The highest BCUT2D eigenvalue weighted by Crippen LogP contribution is 2.28. The van der Waals surface area contributed by atoms with E-state index < -0.39 is 0 Å². The van der Waals surface area contributed by atoms with Crippen molar-refractivity contribution >= 4 is 39.9 Å². The Labute approximate surface area is 206 Å². The van der Waals surface area contributed by atoms with Crippen LogP contribution in [-0.4, -0.2) is 53.8 Å². The number of halogens is 1. The van der Waals surface area contributed by atoms with E-state index in [2.05, 4.69) is 34.4 Å². The molecule has 0 aliphatic carbocycles. The number of carbonyl (C=O) groups is 2. The van der Waals surface area contributed by atoms with Gasteiger partial charge < -0.3 is 20.5 Å². The van der Waals surface area contributed by atoms with Crippen LogP contribution in [0.4, 0.5) is 5.69 Å². The number of anilines is 1. The molecule has 1 amide bonds. The third-order valence-corrected chi connectivity index (χ3v) is 7.16. The van der Waals surface area contributed by atoms with E-state index in [0.717, 1.165) is 30.4 Å². The summed E-state index contributed by atoms with van der Waals surface area (Å²) in [4.78, 5) is 31.1. The number of H-pyrrole nitrogens is 1. The Morgan fingerprint density at radius 3 is 2.71 bits per heavy atom. The van der Waals surface area contributed by atoms with E-state index in [0.29, 0.717) is 40.3 Å². The number of aromatic nitrogens is 1. The van der Waals surface area contributed by atoms with Crippen molar-refractivity contribution < 1.29 is 9.59 Å². The molecule has 1 aromatic heterocycles. The average Bonchev–Trinajstić information content (AvgIpc) is 3.31. The summed E-state index contributed by atoms with van der Waals surface area (Å²) in [7, 11) is 0. The van der Waals surface area contributed by atoms with Crippen molar-refractivity contribution in [3.05, 3.63) is 64.8 Å². The molecular weight excluding hydrogens is 448 g/mol. The summed E-state index contributed by atoms with van der Waals surface area (Å²) in [5, 5.41) is 7.45. The average molecular weight is 481 g/mol. The Morgan fingerprint density at radius 1 is 1.15 bits per heavy atom. The van der Waals surface area contributed by atoms with Crippen LogP contribution in [0.1, 0.15) is 49.0 Å². The number of aromatic amines is 1. The van der Waals surface area contributed by atoms with Crippen molar-refractivity contribution in [3.63, 3.8) is 0 Å². The molecule has 0 spiro atoms. The molecule has 0 saturated carbocycles. The van der Waals surface area contributed by atoms with Gasteiger partial charge in [-0.3, -0.25) is 9.59 Å². The zero-order chi connectivity index (χ0) is 24.1. The molecule has 1 fully saturated rings. The van der Waals surface area contributed by atoms with Gasteiger partial charge in [0.15, 0.2) is 5.78 Å². The van der Waals surface area contributed by atoms with E-state index in [4.69, 9.17) is 11.6 Å². The van der Waals surface area contributed by atoms with Crippen LogP contribution in [0.5, 0.6) is 0 Å². The van der Waals surface area contributed by atoms with Crippen molar-refractivity contribution in [3.8, 4) is 0 Å². The van der Waals surface area contributed by atoms with E-state index >= 15 is 0 Å².